The van der Waals surface area contributed by atoms with E-state index in [4.69, 9.17) is 5.73 Å². The normalized spacial score (nSPS) is 12.7. The first-order valence-corrected chi connectivity index (χ1v) is 4.61. The summed E-state index contributed by atoms with van der Waals surface area (Å²) in [5, 5.41) is 6.59. The summed E-state index contributed by atoms with van der Waals surface area (Å²) in [6.45, 7) is 1.78. The van der Waals surface area contributed by atoms with E-state index in [0.29, 0.717) is 17.2 Å². The van der Waals surface area contributed by atoms with E-state index >= 15 is 0 Å². The Morgan fingerprint density at radius 3 is 2.73 bits per heavy atom. The number of rotatable bonds is 2. The smallest absolute Gasteiger partial charge is 0.184 e. The maximum Gasteiger partial charge on any atom is 0.184 e. The zero-order valence-corrected chi connectivity index (χ0v) is 8.24. The molecule has 0 unspecified atom stereocenters. The second kappa shape index (κ2) is 3.78. The Bertz CT molecular complexity index is 464. The predicted octanol–water partition coefficient (Wildman–Crippen LogP) is 1.63. The van der Waals surface area contributed by atoms with Crippen LogP contribution in [0.3, 0.4) is 0 Å². The van der Waals surface area contributed by atoms with Crippen LogP contribution in [-0.2, 0) is 0 Å². The van der Waals surface area contributed by atoms with Gasteiger partial charge in [-0.25, -0.2) is 9.37 Å². The highest BCUT2D eigenvalue weighted by atomic mass is 19.1. The summed E-state index contributed by atoms with van der Waals surface area (Å²) in [6.07, 6.45) is 0. The van der Waals surface area contributed by atoms with Gasteiger partial charge in [0.25, 0.3) is 0 Å². The first kappa shape index (κ1) is 9.79. The maximum atomic E-state index is 13.4. The zero-order valence-electron chi connectivity index (χ0n) is 8.24. The van der Waals surface area contributed by atoms with Gasteiger partial charge in [0.15, 0.2) is 5.82 Å². The number of benzene rings is 1. The van der Waals surface area contributed by atoms with Gasteiger partial charge in [-0.1, -0.05) is 12.1 Å². The van der Waals surface area contributed by atoms with E-state index < -0.39 is 0 Å². The molecule has 5 heteroatoms. The highest BCUT2D eigenvalue weighted by Crippen LogP contribution is 2.19. The van der Waals surface area contributed by atoms with Crippen molar-refractivity contribution in [2.24, 2.45) is 5.73 Å². The number of H-pyrrole nitrogens is 1. The summed E-state index contributed by atoms with van der Waals surface area (Å²) in [4.78, 5) is 4.11. The Morgan fingerprint density at radius 1 is 1.40 bits per heavy atom. The Labute approximate surface area is 86.3 Å². The minimum Gasteiger partial charge on any atom is -0.322 e. The molecule has 1 aromatic carbocycles. The van der Waals surface area contributed by atoms with Crippen molar-refractivity contribution in [3.8, 4) is 11.4 Å². The van der Waals surface area contributed by atoms with Crippen LogP contribution in [0.1, 0.15) is 18.8 Å². The molecule has 2 aromatic rings. The first-order chi connectivity index (χ1) is 7.18. The molecule has 0 fully saturated rings. The Balaban J connectivity index is 2.42. The average Bonchev–Trinajstić information content (AvgIpc) is 2.67. The van der Waals surface area contributed by atoms with Gasteiger partial charge in [0.2, 0.25) is 0 Å². The lowest BCUT2D eigenvalue weighted by molar-refractivity contribution is 0.630. The number of aromatic amines is 1. The van der Waals surface area contributed by atoms with Crippen LogP contribution in [0, 0.1) is 5.82 Å². The molecule has 3 N–H and O–H groups in total. The molecule has 0 saturated heterocycles. The lowest BCUT2D eigenvalue weighted by atomic mass is 10.2. The van der Waals surface area contributed by atoms with Crippen molar-refractivity contribution in [3.63, 3.8) is 0 Å². The molecule has 0 saturated carbocycles. The van der Waals surface area contributed by atoms with Gasteiger partial charge in [0.05, 0.1) is 11.6 Å². The molecule has 1 aromatic heterocycles. The standard InChI is InChI=1S/C10H11FN4/c1-6(12)9-13-10(15-14-9)7-4-2-3-5-8(7)11/h2-6H,12H2,1H3,(H,13,14,15)/t6-/m1/s1. The van der Waals surface area contributed by atoms with Crippen LogP contribution in [0.15, 0.2) is 24.3 Å². The van der Waals surface area contributed by atoms with E-state index in [1.54, 1.807) is 25.1 Å². The van der Waals surface area contributed by atoms with Gasteiger partial charge in [-0.05, 0) is 19.1 Å². The van der Waals surface area contributed by atoms with Crippen molar-refractivity contribution < 1.29 is 4.39 Å². The van der Waals surface area contributed by atoms with Gasteiger partial charge in [-0.3, -0.25) is 5.10 Å². The van der Waals surface area contributed by atoms with Crippen molar-refractivity contribution in [2.45, 2.75) is 13.0 Å². The molecule has 0 amide bonds. The number of nitrogens with one attached hydrogen (secondary N) is 1. The molecule has 0 aliphatic rings. The fraction of sp³-hybridized carbons (Fsp3) is 0.200. The fourth-order valence-corrected chi connectivity index (χ4v) is 1.24. The molecule has 4 nitrogen and oxygen atoms in total. The van der Waals surface area contributed by atoms with Gasteiger partial charge in [0, 0.05) is 0 Å². The van der Waals surface area contributed by atoms with Crippen LogP contribution < -0.4 is 5.73 Å². The molecular formula is C10H11FN4. The summed E-state index contributed by atoms with van der Waals surface area (Å²) in [5.74, 6) is 0.543. The van der Waals surface area contributed by atoms with Crippen LogP contribution >= 0.6 is 0 Å². The summed E-state index contributed by atoms with van der Waals surface area (Å²) >= 11 is 0. The van der Waals surface area contributed by atoms with Crippen molar-refractivity contribution in [3.05, 3.63) is 35.9 Å². The third-order valence-electron chi connectivity index (χ3n) is 2.05. The Morgan fingerprint density at radius 2 is 2.13 bits per heavy atom. The van der Waals surface area contributed by atoms with E-state index in [-0.39, 0.29) is 11.9 Å². The van der Waals surface area contributed by atoms with Gasteiger partial charge < -0.3 is 5.73 Å². The van der Waals surface area contributed by atoms with E-state index in [0.717, 1.165) is 0 Å². The van der Waals surface area contributed by atoms with Crippen LogP contribution in [0.25, 0.3) is 11.4 Å². The van der Waals surface area contributed by atoms with Gasteiger partial charge >= 0.3 is 0 Å². The second-order valence-electron chi connectivity index (χ2n) is 3.31. The van der Waals surface area contributed by atoms with Gasteiger partial charge in [0.1, 0.15) is 11.6 Å². The number of nitrogens with two attached hydrogens (primary N) is 1. The van der Waals surface area contributed by atoms with Crippen LogP contribution in [-0.4, -0.2) is 15.2 Å². The van der Waals surface area contributed by atoms with Crippen molar-refractivity contribution in [2.75, 3.05) is 0 Å². The minimum absolute atomic E-state index is 0.238. The predicted molar refractivity (Wildman–Crippen MR) is 54.4 cm³/mol. The highest BCUT2D eigenvalue weighted by molar-refractivity contribution is 5.55. The maximum absolute atomic E-state index is 13.4. The van der Waals surface area contributed by atoms with Crippen LogP contribution in [0.2, 0.25) is 0 Å². The van der Waals surface area contributed by atoms with E-state index in [1.165, 1.54) is 6.07 Å². The van der Waals surface area contributed by atoms with Crippen LogP contribution in [0.4, 0.5) is 4.39 Å². The molecule has 2 rings (SSSR count). The monoisotopic (exact) mass is 206 g/mol. The van der Waals surface area contributed by atoms with Crippen LogP contribution in [0.5, 0.6) is 0 Å². The molecule has 78 valence electrons. The zero-order chi connectivity index (χ0) is 10.8. The minimum atomic E-state index is -0.340. The summed E-state index contributed by atoms with van der Waals surface area (Å²) in [7, 11) is 0. The summed E-state index contributed by atoms with van der Waals surface area (Å²) < 4.78 is 13.4. The van der Waals surface area contributed by atoms with Gasteiger partial charge in [-0.15, -0.1) is 0 Å². The topological polar surface area (TPSA) is 67.6 Å². The highest BCUT2D eigenvalue weighted by Gasteiger charge is 2.11. The van der Waals surface area contributed by atoms with Crippen molar-refractivity contribution in [1.29, 1.82) is 0 Å². The van der Waals surface area contributed by atoms with E-state index in [9.17, 15) is 4.39 Å². The summed E-state index contributed by atoms with van der Waals surface area (Å²) in [5.41, 5.74) is 5.99. The third-order valence-corrected chi connectivity index (χ3v) is 2.05. The molecule has 1 heterocycles. The van der Waals surface area contributed by atoms with E-state index in [2.05, 4.69) is 15.2 Å². The van der Waals surface area contributed by atoms with Crippen molar-refractivity contribution >= 4 is 0 Å². The molecule has 0 aliphatic heterocycles. The lowest BCUT2D eigenvalue weighted by Gasteiger charge is -1.97. The largest absolute Gasteiger partial charge is 0.322 e. The first-order valence-electron chi connectivity index (χ1n) is 4.61. The number of halogens is 1. The quantitative estimate of drug-likeness (QED) is 0.784. The average molecular weight is 206 g/mol. The summed E-state index contributed by atoms with van der Waals surface area (Å²) in [6, 6.07) is 6.12. The molecule has 15 heavy (non-hydrogen) atoms. The number of nitrogens with zero attached hydrogens (tertiary/aromatic N) is 2. The molecule has 0 spiro atoms. The fourth-order valence-electron chi connectivity index (χ4n) is 1.24. The SMILES string of the molecule is C[C@@H](N)c1nc(-c2ccccc2F)n[nH]1. The Hall–Kier alpha value is -1.75. The molecule has 0 radical (unpaired) electrons. The molecule has 0 bridgehead atoms. The number of hydrogen-bond donors (Lipinski definition) is 2. The molecule has 1 atom stereocenters. The van der Waals surface area contributed by atoms with Gasteiger partial charge in [-0.2, -0.15) is 5.10 Å². The molecule has 0 aliphatic carbocycles. The second-order valence-corrected chi connectivity index (χ2v) is 3.31. The Kier molecular flexibility index (Phi) is 2.47. The lowest BCUT2D eigenvalue weighted by Crippen LogP contribution is -2.06. The number of aromatic nitrogens is 3. The molecular weight excluding hydrogens is 195 g/mol. The van der Waals surface area contributed by atoms with E-state index in [1.807, 2.05) is 0 Å². The number of hydrogen-bond acceptors (Lipinski definition) is 3. The van der Waals surface area contributed by atoms with Crippen molar-refractivity contribution in [1.82, 2.24) is 15.2 Å². The third kappa shape index (κ3) is 1.87.